The first-order chi connectivity index (χ1) is 14.4. The largest absolute Gasteiger partial charge is 0.462 e. The normalized spacial score (nSPS) is 11.4. The van der Waals surface area contributed by atoms with Crippen molar-refractivity contribution < 1.29 is 37.2 Å². The van der Waals surface area contributed by atoms with Crippen molar-refractivity contribution in [1.82, 2.24) is 0 Å². The minimum absolute atomic E-state index is 0.0153. The van der Waals surface area contributed by atoms with Crippen LogP contribution in [0.3, 0.4) is 0 Å². The van der Waals surface area contributed by atoms with E-state index in [-0.39, 0.29) is 22.2 Å². The van der Waals surface area contributed by atoms with Crippen LogP contribution >= 0.6 is 11.6 Å². The van der Waals surface area contributed by atoms with Gasteiger partial charge in [-0.15, -0.1) is 0 Å². The molecule has 0 amide bonds. The van der Waals surface area contributed by atoms with E-state index in [0.717, 1.165) is 23.3 Å². The molecule has 0 spiro atoms. The van der Waals surface area contributed by atoms with E-state index in [1.807, 2.05) is 0 Å². The Morgan fingerprint density at radius 3 is 2.42 bits per heavy atom. The summed E-state index contributed by atoms with van der Waals surface area (Å²) >= 11 is 5.88. The van der Waals surface area contributed by atoms with Gasteiger partial charge in [0, 0.05) is 12.1 Å². The van der Waals surface area contributed by atoms with Gasteiger partial charge in [0.05, 0.1) is 28.7 Å². The fraction of sp³-hybridized carbons (Fsp3) is 0.316. The predicted molar refractivity (Wildman–Crippen MR) is 105 cm³/mol. The van der Waals surface area contributed by atoms with E-state index in [1.165, 1.54) is 19.2 Å². The number of nitrogens with zero attached hydrogens (tertiary/aromatic N) is 2. The lowest BCUT2D eigenvalue weighted by atomic mass is 10.2. The number of esters is 1. The number of nitro benzene ring substituents is 1. The highest BCUT2D eigenvalue weighted by Crippen LogP contribution is 2.38. The van der Waals surface area contributed by atoms with Crippen LogP contribution in [0, 0.1) is 10.1 Å². The molecule has 2 aromatic carbocycles. The Morgan fingerprint density at radius 1 is 1.23 bits per heavy atom. The maximum Gasteiger partial charge on any atom is 0.416 e. The average Bonchev–Trinajstić information content (AvgIpc) is 2.66. The van der Waals surface area contributed by atoms with Crippen molar-refractivity contribution in [3.05, 3.63) is 57.1 Å². The minimum Gasteiger partial charge on any atom is -0.462 e. The number of hydrogen-bond acceptors (Lipinski definition) is 7. The monoisotopic (exact) mass is 462 g/mol. The number of hydrogen-bond donors (Lipinski definition) is 0. The highest BCUT2D eigenvalue weighted by Gasteiger charge is 2.31. The molecule has 0 N–H and O–H groups in total. The molecule has 2 aromatic rings. The van der Waals surface area contributed by atoms with Gasteiger partial charge < -0.3 is 9.47 Å². The van der Waals surface area contributed by atoms with Gasteiger partial charge in [-0.25, -0.2) is 5.06 Å². The molecule has 0 aliphatic rings. The molecule has 0 unspecified atom stereocenters. The van der Waals surface area contributed by atoms with Crippen molar-refractivity contribution in [1.29, 1.82) is 0 Å². The second kappa shape index (κ2) is 9.84. The minimum atomic E-state index is -4.58. The highest BCUT2D eigenvalue weighted by molar-refractivity contribution is 6.32. The van der Waals surface area contributed by atoms with E-state index in [2.05, 4.69) is 0 Å². The smallest absolute Gasteiger partial charge is 0.416 e. The van der Waals surface area contributed by atoms with Gasteiger partial charge in [-0.2, -0.15) is 13.2 Å². The van der Waals surface area contributed by atoms with Crippen LogP contribution in [-0.4, -0.2) is 30.7 Å². The lowest BCUT2D eigenvalue weighted by molar-refractivity contribution is -0.384. The zero-order valence-corrected chi connectivity index (χ0v) is 17.4. The summed E-state index contributed by atoms with van der Waals surface area (Å²) in [5.41, 5.74) is -1.48. The van der Waals surface area contributed by atoms with Crippen molar-refractivity contribution in [2.75, 3.05) is 18.7 Å². The Kier molecular flexibility index (Phi) is 7.69. The number of alkyl halides is 3. The Balaban J connectivity index is 2.37. The first-order valence-electron chi connectivity index (χ1n) is 8.76. The Labute approximate surface area is 180 Å². The van der Waals surface area contributed by atoms with Crippen molar-refractivity contribution >= 4 is 28.9 Å². The fourth-order valence-corrected chi connectivity index (χ4v) is 2.69. The van der Waals surface area contributed by atoms with E-state index in [4.69, 9.17) is 25.9 Å². The zero-order chi connectivity index (χ0) is 23.3. The molecule has 0 saturated heterocycles. The molecule has 0 aromatic heterocycles. The van der Waals surface area contributed by atoms with Crippen LogP contribution < -0.4 is 9.80 Å². The zero-order valence-electron chi connectivity index (χ0n) is 16.6. The number of nitro groups is 1. The third kappa shape index (κ3) is 6.46. The van der Waals surface area contributed by atoms with E-state index in [9.17, 15) is 28.1 Å². The number of carbonyl (C=O) groups is 1. The van der Waals surface area contributed by atoms with Crippen LogP contribution in [0.4, 0.5) is 24.5 Å². The lowest BCUT2D eigenvalue weighted by Crippen LogP contribution is -2.31. The van der Waals surface area contributed by atoms with E-state index in [0.29, 0.717) is 6.07 Å². The van der Waals surface area contributed by atoms with Crippen LogP contribution in [0.5, 0.6) is 11.5 Å². The number of anilines is 1. The Morgan fingerprint density at radius 2 is 1.90 bits per heavy atom. The number of benzene rings is 2. The molecule has 8 nitrogen and oxygen atoms in total. The maximum atomic E-state index is 12.8. The quantitative estimate of drug-likeness (QED) is 0.295. The number of carbonyl (C=O) groups excluding carboxylic acids is 1. The second-order valence-corrected chi connectivity index (χ2v) is 6.82. The molecule has 0 saturated carbocycles. The summed E-state index contributed by atoms with van der Waals surface area (Å²) in [5, 5.41) is 12.0. The first kappa shape index (κ1) is 24.2. The third-order valence-electron chi connectivity index (χ3n) is 3.76. The molecule has 0 aliphatic heterocycles. The molecular weight excluding hydrogens is 445 g/mol. The number of hydroxylamine groups is 1. The molecule has 0 radical (unpaired) electrons. The molecule has 31 heavy (non-hydrogen) atoms. The molecule has 12 heteroatoms. The van der Waals surface area contributed by atoms with Gasteiger partial charge in [0.2, 0.25) is 0 Å². The van der Waals surface area contributed by atoms with Crippen molar-refractivity contribution in [3.63, 3.8) is 0 Å². The van der Waals surface area contributed by atoms with Crippen LogP contribution in [0.1, 0.15) is 19.4 Å². The molecule has 0 aliphatic carbocycles. The van der Waals surface area contributed by atoms with Crippen LogP contribution in [0.2, 0.25) is 5.02 Å². The predicted octanol–water partition coefficient (Wildman–Crippen LogP) is 5.38. The summed E-state index contributed by atoms with van der Waals surface area (Å²) in [4.78, 5) is 27.7. The summed E-state index contributed by atoms with van der Waals surface area (Å²) in [7, 11) is 1.20. The molecule has 0 atom stereocenters. The molecule has 0 heterocycles. The fourth-order valence-electron chi connectivity index (χ4n) is 2.47. The molecule has 2 rings (SSSR count). The Bertz CT molecular complexity index is 968. The molecular formula is C19H18ClF3N2O6. The van der Waals surface area contributed by atoms with E-state index >= 15 is 0 Å². The van der Waals surface area contributed by atoms with Gasteiger partial charge in [-0.3, -0.25) is 19.7 Å². The Hall–Kier alpha value is -3.05. The van der Waals surface area contributed by atoms with Crippen molar-refractivity contribution in [2.45, 2.75) is 26.1 Å². The van der Waals surface area contributed by atoms with Crippen LogP contribution in [-0.2, 0) is 20.5 Å². The second-order valence-electron chi connectivity index (χ2n) is 6.41. The summed E-state index contributed by atoms with van der Waals surface area (Å²) in [6.45, 7) is 2.82. The van der Waals surface area contributed by atoms with Crippen LogP contribution in [0.25, 0.3) is 0 Å². The molecule has 168 valence electrons. The SMILES string of the molecule is CON(CC(=O)OC(C)C)c1cc(Oc2ccc(C(F)(F)F)cc2Cl)ccc1[N+](=O)[O-]. The van der Waals surface area contributed by atoms with Gasteiger partial charge in [0.15, 0.2) is 0 Å². The summed E-state index contributed by atoms with van der Waals surface area (Å²) in [5.74, 6) is -0.776. The number of halogens is 4. The molecule has 0 bridgehead atoms. The van der Waals surface area contributed by atoms with E-state index < -0.39 is 41.0 Å². The van der Waals surface area contributed by atoms with Gasteiger partial charge >= 0.3 is 12.1 Å². The van der Waals surface area contributed by atoms with Gasteiger partial charge in [0.25, 0.3) is 5.69 Å². The van der Waals surface area contributed by atoms with Gasteiger partial charge in [-0.05, 0) is 38.1 Å². The maximum absolute atomic E-state index is 12.8. The number of rotatable bonds is 8. The first-order valence-corrected chi connectivity index (χ1v) is 9.14. The summed E-state index contributed by atoms with van der Waals surface area (Å²) in [6.07, 6.45) is -4.98. The third-order valence-corrected chi connectivity index (χ3v) is 4.05. The standard InChI is InChI=1S/C19H18ClF3N2O6/c1-11(2)30-18(26)10-24(29-3)16-9-13(5-6-15(16)25(27)28)31-17-7-4-12(8-14(17)20)19(21,22)23/h4-9,11H,10H2,1-3H3. The van der Waals surface area contributed by atoms with Crippen molar-refractivity contribution in [3.8, 4) is 11.5 Å². The van der Waals surface area contributed by atoms with Crippen LogP contribution in [0.15, 0.2) is 36.4 Å². The average molecular weight is 463 g/mol. The van der Waals surface area contributed by atoms with Crippen molar-refractivity contribution in [2.24, 2.45) is 0 Å². The lowest BCUT2D eigenvalue weighted by Gasteiger charge is -2.22. The summed E-state index contributed by atoms with van der Waals surface area (Å²) in [6, 6.07) is 6.04. The van der Waals surface area contributed by atoms with E-state index in [1.54, 1.807) is 13.8 Å². The molecule has 0 fully saturated rings. The highest BCUT2D eigenvalue weighted by atomic mass is 35.5. The topological polar surface area (TPSA) is 91.1 Å². The van der Waals surface area contributed by atoms with Gasteiger partial charge in [0.1, 0.15) is 23.7 Å². The van der Waals surface area contributed by atoms with Gasteiger partial charge in [-0.1, -0.05) is 11.6 Å². The summed E-state index contributed by atoms with van der Waals surface area (Å²) < 4.78 is 48.9. The number of ether oxygens (including phenoxy) is 2.